The molecule has 0 amide bonds. The topological polar surface area (TPSA) is 58.9 Å². The van der Waals surface area contributed by atoms with Crippen molar-refractivity contribution >= 4 is 17.1 Å². The Morgan fingerprint density at radius 3 is 2.61 bits per heavy atom. The molecule has 6 nitrogen and oxygen atoms in total. The first-order valence-corrected chi connectivity index (χ1v) is 9.38. The van der Waals surface area contributed by atoms with Gasteiger partial charge in [-0.25, -0.2) is 4.52 Å². The fourth-order valence-corrected chi connectivity index (χ4v) is 3.11. The molecule has 144 valence electrons. The molecule has 0 saturated heterocycles. The van der Waals surface area contributed by atoms with Gasteiger partial charge >= 0.3 is 0 Å². The first-order valence-electron chi connectivity index (χ1n) is 9.38. The number of fused-ring (bicyclic) bond motifs is 1. The van der Waals surface area contributed by atoms with Gasteiger partial charge in [-0.1, -0.05) is 6.07 Å². The van der Waals surface area contributed by atoms with E-state index < -0.39 is 0 Å². The fourth-order valence-electron chi connectivity index (χ4n) is 3.11. The Bertz CT molecular complexity index is 1030. The number of hydrogen-bond acceptors (Lipinski definition) is 5. The van der Waals surface area contributed by atoms with Crippen molar-refractivity contribution in [3.05, 3.63) is 60.3 Å². The van der Waals surface area contributed by atoms with Crippen LogP contribution in [0.2, 0.25) is 0 Å². The zero-order chi connectivity index (χ0) is 19.7. The molecule has 1 aromatic carbocycles. The largest absolute Gasteiger partial charge is 0.497 e. The minimum absolute atomic E-state index is 0.0712. The van der Waals surface area contributed by atoms with Gasteiger partial charge in [0.2, 0.25) is 0 Å². The van der Waals surface area contributed by atoms with Crippen molar-refractivity contribution in [2.24, 2.45) is 0 Å². The minimum Gasteiger partial charge on any atom is -0.497 e. The quantitative estimate of drug-likeness (QED) is 0.501. The molecule has 3 aromatic rings. The van der Waals surface area contributed by atoms with E-state index in [1.165, 1.54) is 12.8 Å². The van der Waals surface area contributed by atoms with Crippen LogP contribution < -0.4 is 10.1 Å². The summed E-state index contributed by atoms with van der Waals surface area (Å²) in [6.07, 6.45) is 5.68. The zero-order valence-corrected chi connectivity index (χ0v) is 16.3. The maximum absolute atomic E-state index is 13.1. The molecule has 1 aliphatic carbocycles. The lowest BCUT2D eigenvalue weighted by molar-refractivity contribution is 0.104. The van der Waals surface area contributed by atoms with E-state index in [2.05, 4.69) is 5.32 Å². The van der Waals surface area contributed by atoms with E-state index in [1.54, 1.807) is 19.4 Å². The van der Waals surface area contributed by atoms with E-state index in [0.717, 1.165) is 22.6 Å². The summed E-state index contributed by atoms with van der Waals surface area (Å²) in [6.45, 7) is 0. The first kappa shape index (κ1) is 18.1. The average Bonchev–Trinajstić information content (AvgIpc) is 3.43. The summed E-state index contributed by atoms with van der Waals surface area (Å²) in [5.41, 5.74) is 2.94. The number of nitrogens with one attached hydrogen (secondary N) is 1. The number of carbonyl (C=O) groups is 1. The van der Waals surface area contributed by atoms with Crippen LogP contribution in [-0.4, -0.2) is 47.5 Å². The number of allylic oxidation sites excluding steroid dienone is 1. The average molecular weight is 376 g/mol. The number of rotatable bonds is 7. The number of pyridine rings is 1. The summed E-state index contributed by atoms with van der Waals surface area (Å²) in [5.74, 6) is 1.60. The van der Waals surface area contributed by atoms with Crippen LogP contribution in [-0.2, 0) is 0 Å². The molecule has 1 saturated carbocycles. The third kappa shape index (κ3) is 3.58. The van der Waals surface area contributed by atoms with E-state index >= 15 is 0 Å². The number of ketones is 1. The minimum atomic E-state index is -0.0712. The monoisotopic (exact) mass is 376 g/mol. The molecule has 2 heterocycles. The second-order valence-corrected chi connectivity index (χ2v) is 7.22. The van der Waals surface area contributed by atoms with Gasteiger partial charge in [-0.15, -0.1) is 0 Å². The van der Waals surface area contributed by atoms with Gasteiger partial charge in [0.05, 0.1) is 18.2 Å². The number of carbonyl (C=O) groups excluding carboxylic acids is 1. The predicted molar refractivity (Wildman–Crippen MR) is 111 cm³/mol. The van der Waals surface area contributed by atoms with Crippen LogP contribution in [0.1, 0.15) is 23.2 Å². The third-order valence-electron chi connectivity index (χ3n) is 4.72. The van der Waals surface area contributed by atoms with E-state index in [9.17, 15) is 4.79 Å². The Hall–Kier alpha value is -3.28. The molecule has 0 atom stereocenters. The van der Waals surface area contributed by atoms with Gasteiger partial charge in [-0.2, -0.15) is 5.10 Å². The molecule has 4 rings (SSSR count). The lowest BCUT2D eigenvalue weighted by Crippen LogP contribution is -2.06. The highest BCUT2D eigenvalue weighted by Crippen LogP contribution is 2.31. The molecule has 0 radical (unpaired) electrons. The van der Waals surface area contributed by atoms with Crippen molar-refractivity contribution in [2.75, 3.05) is 26.5 Å². The van der Waals surface area contributed by atoms with Crippen molar-refractivity contribution in [1.82, 2.24) is 14.5 Å². The molecular formula is C22H24N4O2. The lowest BCUT2D eigenvalue weighted by Gasteiger charge is -2.07. The molecule has 1 N–H and O–H groups in total. The SMILES string of the molecule is COc1ccc(-c2nn3c(NC4CC4)cccc3c2C(=O)C=CN(C)C)cc1. The van der Waals surface area contributed by atoms with Crippen LogP contribution in [0.25, 0.3) is 16.8 Å². The van der Waals surface area contributed by atoms with Crippen LogP contribution in [0.15, 0.2) is 54.7 Å². The van der Waals surface area contributed by atoms with Gasteiger partial charge < -0.3 is 15.0 Å². The highest BCUT2D eigenvalue weighted by Gasteiger charge is 2.24. The number of aromatic nitrogens is 2. The highest BCUT2D eigenvalue weighted by atomic mass is 16.5. The van der Waals surface area contributed by atoms with Crippen LogP contribution in [0, 0.1) is 0 Å². The summed E-state index contributed by atoms with van der Waals surface area (Å²) >= 11 is 0. The van der Waals surface area contributed by atoms with Crippen molar-refractivity contribution in [2.45, 2.75) is 18.9 Å². The Morgan fingerprint density at radius 2 is 1.96 bits per heavy atom. The number of hydrogen-bond donors (Lipinski definition) is 1. The van der Waals surface area contributed by atoms with Gasteiger partial charge in [0.15, 0.2) is 5.78 Å². The Morgan fingerprint density at radius 1 is 1.21 bits per heavy atom. The molecular weight excluding hydrogens is 352 g/mol. The summed E-state index contributed by atoms with van der Waals surface area (Å²) < 4.78 is 7.10. The van der Waals surface area contributed by atoms with E-state index in [4.69, 9.17) is 9.84 Å². The number of nitrogens with zero attached hydrogens (tertiary/aromatic N) is 3. The van der Waals surface area contributed by atoms with E-state index in [1.807, 2.05) is 66.0 Å². The number of ether oxygens (including phenoxy) is 1. The maximum Gasteiger partial charge on any atom is 0.191 e. The Labute approximate surface area is 164 Å². The second-order valence-electron chi connectivity index (χ2n) is 7.22. The van der Waals surface area contributed by atoms with E-state index in [0.29, 0.717) is 17.3 Å². The van der Waals surface area contributed by atoms with Crippen molar-refractivity contribution in [1.29, 1.82) is 0 Å². The first-order chi connectivity index (χ1) is 13.6. The molecule has 0 aliphatic heterocycles. The number of methoxy groups -OCH3 is 1. The summed E-state index contributed by atoms with van der Waals surface area (Å²) in [4.78, 5) is 14.9. The van der Waals surface area contributed by atoms with Gasteiger partial charge in [-0.05, 0) is 49.2 Å². The molecule has 1 aliphatic rings. The van der Waals surface area contributed by atoms with Crippen LogP contribution in [0.3, 0.4) is 0 Å². The van der Waals surface area contributed by atoms with Gasteiger partial charge in [0.1, 0.15) is 17.3 Å². The maximum atomic E-state index is 13.1. The van der Waals surface area contributed by atoms with Crippen molar-refractivity contribution in [3.63, 3.8) is 0 Å². The van der Waals surface area contributed by atoms with Gasteiger partial charge in [0, 0.05) is 38.0 Å². The van der Waals surface area contributed by atoms with Crippen LogP contribution >= 0.6 is 0 Å². The van der Waals surface area contributed by atoms with Gasteiger partial charge in [-0.3, -0.25) is 4.79 Å². The van der Waals surface area contributed by atoms with Crippen molar-refractivity contribution in [3.8, 4) is 17.0 Å². The lowest BCUT2D eigenvalue weighted by atomic mass is 10.0. The van der Waals surface area contributed by atoms with Gasteiger partial charge in [0.25, 0.3) is 0 Å². The molecule has 0 spiro atoms. The van der Waals surface area contributed by atoms with Crippen LogP contribution in [0.5, 0.6) is 5.75 Å². The molecule has 2 aromatic heterocycles. The second kappa shape index (κ2) is 7.38. The summed E-state index contributed by atoms with van der Waals surface area (Å²) in [6, 6.07) is 14.0. The standard InChI is InChI=1S/C22H24N4O2/c1-25(2)14-13-19(27)21-18-5-4-6-20(23-16-9-10-16)26(18)24-22(21)15-7-11-17(28-3)12-8-15/h4-8,11-14,16,23H,9-10H2,1-3H3. The summed E-state index contributed by atoms with van der Waals surface area (Å²) in [5, 5.41) is 8.31. The predicted octanol–water partition coefficient (Wildman–Crippen LogP) is 3.84. The normalized spacial score (nSPS) is 13.8. The molecule has 6 heteroatoms. The molecule has 1 fully saturated rings. The fraction of sp³-hybridized carbons (Fsp3) is 0.273. The molecule has 0 unspecified atom stereocenters. The highest BCUT2D eigenvalue weighted by molar-refractivity contribution is 6.13. The Balaban J connectivity index is 1.87. The van der Waals surface area contributed by atoms with Crippen LogP contribution in [0.4, 0.5) is 5.82 Å². The Kier molecular flexibility index (Phi) is 4.77. The molecule has 28 heavy (non-hydrogen) atoms. The van der Waals surface area contributed by atoms with E-state index in [-0.39, 0.29) is 5.78 Å². The third-order valence-corrected chi connectivity index (χ3v) is 4.72. The number of benzene rings is 1. The van der Waals surface area contributed by atoms with Crippen molar-refractivity contribution < 1.29 is 9.53 Å². The smallest absolute Gasteiger partial charge is 0.191 e. The zero-order valence-electron chi connectivity index (χ0n) is 16.3. The molecule has 0 bridgehead atoms. The summed E-state index contributed by atoms with van der Waals surface area (Å²) in [7, 11) is 5.42. The number of anilines is 1.